The van der Waals surface area contributed by atoms with Crippen LogP contribution in [0.2, 0.25) is 0 Å². The molecule has 1 aliphatic rings. The first-order valence-electron chi connectivity index (χ1n) is 12.1. The first-order valence-corrected chi connectivity index (χ1v) is 12.8. The van der Waals surface area contributed by atoms with Crippen LogP contribution in [0.5, 0.6) is 0 Å². The van der Waals surface area contributed by atoms with Gasteiger partial charge in [0, 0.05) is 61.5 Å². The van der Waals surface area contributed by atoms with Gasteiger partial charge < -0.3 is 20.5 Å². The van der Waals surface area contributed by atoms with Crippen LogP contribution in [0.1, 0.15) is 42.9 Å². The maximum Gasteiger partial charge on any atom is 0.229 e. The summed E-state index contributed by atoms with van der Waals surface area (Å²) < 4.78 is 2.75. The number of aromatic nitrogens is 6. The van der Waals surface area contributed by atoms with Gasteiger partial charge in [-0.2, -0.15) is 10.1 Å². The fraction of sp³-hybridized carbons (Fsp3) is 0.320. The summed E-state index contributed by atoms with van der Waals surface area (Å²) in [7, 11) is 0. The molecule has 5 rings (SSSR count). The molecule has 0 saturated heterocycles. The number of halogens is 1. The van der Waals surface area contributed by atoms with Crippen molar-refractivity contribution in [3.05, 3.63) is 71.0 Å². The second-order valence-electron chi connectivity index (χ2n) is 8.82. The van der Waals surface area contributed by atoms with Crippen LogP contribution in [0.3, 0.4) is 0 Å². The molecule has 186 valence electrons. The Kier molecular flexibility index (Phi) is 7.55. The van der Waals surface area contributed by atoms with Crippen molar-refractivity contribution in [1.29, 1.82) is 0 Å². The van der Waals surface area contributed by atoms with Gasteiger partial charge in [0.2, 0.25) is 11.9 Å². The second-order valence-corrected chi connectivity index (χ2v) is 9.68. The van der Waals surface area contributed by atoms with E-state index < -0.39 is 0 Å². The standard InChI is InChI=1S/C25H28BrN9O/c26-20-15-29-25(32-24(20)31-22-14-21(33-34-22)18-5-6-18)30-19-7-2-17(3-8-19)4-9-23(36)28-10-1-12-35-13-11-27-16-35/h2-3,7-8,11,13-16,18H,1,4-6,9-10,12H2,(H,28,36)(H3,29,30,31,32,33,34). The van der Waals surface area contributed by atoms with Crippen LogP contribution < -0.4 is 16.0 Å². The molecular formula is C25H28BrN9O. The quantitative estimate of drug-likeness (QED) is 0.189. The molecule has 0 unspecified atom stereocenters. The number of amides is 1. The van der Waals surface area contributed by atoms with E-state index >= 15 is 0 Å². The van der Waals surface area contributed by atoms with E-state index in [0.29, 0.717) is 37.1 Å². The SMILES string of the molecule is O=C(CCc1ccc(Nc2ncc(Br)c(Nc3cc(C4CC4)[nH]n3)n2)cc1)NCCCn1ccnc1. The summed E-state index contributed by atoms with van der Waals surface area (Å²) in [5.74, 6) is 2.51. The van der Waals surface area contributed by atoms with Crippen LogP contribution in [-0.4, -0.2) is 42.2 Å². The van der Waals surface area contributed by atoms with Crippen molar-refractivity contribution in [1.82, 2.24) is 35.0 Å². The lowest BCUT2D eigenvalue weighted by atomic mass is 10.1. The Morgan fingerprint density at radius 2 is 2.06 bits per heavy atom. The van der Waals surface area contributed by atoms with Crippen LogP contribution in [0, 0.1) is 0 Å². The van der Waals surface area contributed by atoms with Gasteiger partial charge in [0.25, 0.3) is 0 Å². The van der Waals surface area contributed by atoms with Crippen molar-refractivity contribution >= 4 is 45.1 Å². The van der Waals surface area contributed by atoms with E-state index in [4.69, 9.17) is 0 Å². The largest absolute Gasteiger partial charge is 0.356 e. The lowest BCUT2D eigenvalue weighted by Crippen LogP contribution is -2.25. The normalized spacial score (nSPS) is 12.9. The molecule has 0 aliphatic heterocycles. The molecule has 0 atom stereocenters. The Balaban J connectivity index is 1.08. The summed E-state index contributed by atoms with van der Waals surface area (Å²) in [5, 5.41) is 16.9. The Morgan fingerprint density at radius 1 is 1.19 bits per heavy atom. The van der Waals surface area contributed by atoms with Crippen molar-refractivity contribution in [3.63, 3.8) is 0 Å². The van der Waals surface area contributed by atoms with Crippen LogP contribution in [0.25, 0.3) is 0 Å². The highest BCUT2D eigenvalue weighted by Crippen LogP contribution is 2.39. The lowest BCUT2D eigenvalue weighted by Gasteiger charge is -2.10. The molecule has 10 nitrogen and oxygen atoms in total. The molecule has 1 aromatic carbocycles. The highest BCUT2D eigenvalue weighted by atomic mass is 79.9. The zero-order valence-corrected chi connectivity index (χ0v) is 21.3. The van der Waals surface area contributed by atoms with Crippen molar-refractivity contribution in [2.45, 2.75) is 44.6 Å². The van der Waals surface area contributed by atoms with Gasteiger partial charge in [0.1, 0.15) is 0 Å². The Hall–Kier alpha value is -3.73. The molecule has 36 heavy (non-hydrogen) atoms. The number of carbonyl (C=O) groups excluding carboxylic acids is 1. The van der Waals surface area contributed by atoms with Gasteiger partial charge in [0.05, 0.1) is 10.8 Å². The minimum Gasteiger partial charge on any atom is -0.356 e. The highest BCUT2D eigenvalue weighted by molar-refractivity contribution is 9.10. The van der Waals surface area contributed by atoms with Gasteiger partial charge in [-0.15, -0.1) is 0 Å². The highest BCUT2D eigenvalue weighted by Gasteiger charge is 2.25. The van der Waals surface area contributed by atoms with Crippen molar-refractivity contribution < 1.29 is 4.79 Å². The molecule has 1 aliphatic carbocycles. The molecule has 4 N–H and O–H groups in total. The van der Waals surface area contributed by atoms with Crippen molar-refractivity contribution in [2.75, 3.05) is 17.2 Å². The summed E-state index contributed by atoms with van der Waals surface area (Å²) in [5.41, 5.74) is 3.12. The van der Waals surface area contributed by atoms with E-state index in [1.807, 2.05) is 41.1 Å². The number of aryl methyl sites for hydroxylation is 2. The number of imidazole rings is 1. The average Bonchev–Trinajstić information content (AvgIpc) is 3.40. The number of carbonyl (C=O) groups is 1. The first kappa shape index (κ1) is 24.0. The number of nitrogens with one attached hydrogen (secondary N) is 4. The van der Waals surface area contributed by atoms with Crippen LogP contribution in [0.15, 0.2) is 59.7 Å². The molecule has 0 spiro atoms. The van der Waals surface area contributed by atoms with E-state index in [0.717, 1.165) is 40.2 Å². The maximum absolute atomic E-state index is 12.1. The number of aromatic amines is 1. The smallest absolute Gasteiger partial charge is 0.229 e. The van der Waals surface area contributed by atoms with Gasteiger partial charge in [-0.25, -0.2) is 9.97 Å². The van der Waals surface area contributed by atoms with E-state index in [2.05, 4.69) is 57.0 Å². The van der Waals surface area contributed by atoms with Gasteiger partial charge in [-0.3, -0.25) is 9.89 Å². The molecular weight excluding hydrogens is 522 g/mol. The zero-order valence-electron chi connectivity index (χ0n) is 19.7. The maximum atomic E-state index is 12.1. The van der Waals surface area contributed by atoms with Crippen LogP contribution in [0.4, 0.5) is 23.3 Å². The Bertz CT molecular complexity index is 1280. The second kappa shape index (κ2) is 11.3. The topological polar surface area (TPSA) is 125 Å². The predicted molar refractivity (Wildman–Crippen MR) is 141 cm³/mol. The van der Waals surface area contributed by atoms with Crippen molar-refractivity contribution in [3.8, 4) is 0 Å². The third kappa shape index (κ3) is 6.69. The summed E-state index contributed by atoms with van der Waals surface area (Å²) in [6.45, 7) is 1.50. The van der Waals surface area contributed by atoms with Crippen LogP contribution in [-0.2, 0) is 17.8 Å². The van der Waals surface area contributed by atoms with E-state index in [-0.39, 0.29) is 5.91 Å². The number of hydrogen-bond acceptors (Lipinski definition) is 7. The van der Waals surface area contributed by atoms with E-state index in [1.54, 1.807) is 18.7 Å². The van der Waals surface area contributed by atoms with E-state index in [9.17, 15) is 4.79 Å². The number of anilines is 4. The van der Waals surface area contributed by atoms with Crippen molar-refractivity contribution in [2.24, 2.45) is 0 Å². The molecule has 1 fully saturated rings. The number of H-pyrrole nitrogens is 1. The first-order chi connectivity index (χ1) is 17.6. The summed E-state index contributed by atoms with van der Waals surface area (Å²) in [6.07, 6.45) is 11.6. The average molecular weight is 550 g/mol. The Morgan fingerprint density at radius 3 is 2.83 bits per heavy atom. The summed E-state index contributed by atoms with van der Waals surface area (Å²) in [6, 6.07) is 9.98. The molecule has 3 heterocycles. The molecule has 3 aromatic heterocycles. The third-order valence-electron chi connectivity index (χ3n) is 5.93. The number of hydrogen-bond donors (Lipinski definition) is 4. The Labute approximate surface area is 217 Å². The lowest BCUT2D eigenvalue weighted by molar-refractivity contribution is -0.121. The fourth-order valence-electron chi connectivity index (χ4n) is 3.78. The zero-order chi connectivity index (χ0) is 24.7. The van der Waals surface area contributed by atoms with Gasteiger partial charge in [-0.05, 0) is 59.3 Å². The fourth-order valence-corrected chi connectivity index (χ4v) is 4.07. The molecule has 1 saturated carbocycles. The minimum absolute atomic E-state index is 0.0623. The van der Waals surface area contributed by atoms with Crippen LogP contribution >= 0.6 is 15.9 Å². The number of benzene rings is 1. The molecule has 1 amide bonds. The van der Waals surface area contributed by atoms with Gasteiger partial charge >= 0.3 is 0 Å². The summed E-state index contributed by atoms with van der Waals surface area (Å²) in [4.78, 5) is 25.1. The predicted octanol–water partition coefficient (Wildman–Crippen LogP) is 4.66. The third-order valence-corrected chi connectivity index (χ3v) is 6.51. The van der Waals surface area contributed by atoms with E-state index in [1.165, 1.54) is 12.8 Å². The molecule has 0 radical (unpaired) electrons. The monoisotopic (exact) mass is 549 g/mol. The molecule has 4 aromatic rings. The number of nitrogens with zero attached hydrogens (tertiary/aromatic N) is 5. The molecule has 11 heteroatoms. The molecule has 0 bridgehead atoms. The summed E-state index contributed by atoms with van der Waals surface area (Å²) >= 11 is 3.50. The minimum atomic E-state index is 0.0623. The van der Waals surface area contributed by atoms with Gasteiger partial charge in [-0.1, -0.05) is 12.1 Å². The number of rotatable bonds is 12. The van der Waals surface area contributed by atoms with Gasteiger partial charge in [0.15, 0.2) is 11.6 Å².